The molecule has 1 aliphatic rings. The Morgan fingerprint density at radius 2 is 1.75 bits per heavy atom. The first kappa shape index (κ1) is 15.8. The van der Waals surface area contributed by atoms with Crippen LogP contribution in [0, 0.1) is 0 Å². The van der Waals surface area contributed by atoms with Gasteiger partial charge in [-0.15, -0.1) is 0 Å². The highest BCUT2D eigenvalue weighted by atomic mass is 79.9. The van der Waals surface area contributed by atoms with Crippen LogP contribution < -0.4 is 5.32 Å². The predicted molar refractivity (Wildman–Crippen MR) is 76.6 cm³/mol. The largest absolute Gasteiger partial charge is 0.389 e. The zero-order valence-electron chi connectivity index (χ0n) is 11.1. The summed E-state index contributed by atoms with van der Waals surface area (Å²) in [5, 5.41) is 3.23. The average molecular weight is 351 g/mol. The molecule has 112 valence electrons. The molecule has 1 atom stereocenters. The third-order valence-corrected chi connectivity index (χ3v) is 4.08. The van der Waals surface area contributed by atoms with Crippen LogP contribution in [0.15, 0.2) is 28.7 Å². The molecule has 0 unspecified atom stereocenters. The fourth-order valence-electron chi connectivity index (χ4n) is 2.54. The van der Waals surface area contributed by atoms with Gasteiger partial charge in [-0.05, 0) is 24.1 Å². The quantitative estimate of drug-likeness (QED) is 0.889. The molecule has 1 heterocycles. The van der Waals surface area contributed by atoms with Crippen molar-refractivity contribution in [3.8, 4) is 0 Å². The van der Waals surface area contributed by atoms with Crippen LogP contribution in [0.4, 0.5) is 13.2 Å². The third kappa shape index (κ3) is 4.75. The fourth-order valence-corrected chi connectivity index (χ4v) is 2.80. The van der Waals surface area contributed by atoms with Crippen LogP contribution in [0.25, 0.3) is 0 Å². The highest BCUT2D eigenvalue weighted by molar-refractivity contribution is 9.10. The van der Waals surface area contributed by atoms with Crippen LogP contribution in [-0.2, 0) is 0 Å². The van der Waals surface area contributed by atoms with Gasteiger partial charge in [-0.25, -0.2) is 0 Å². The minimum Gasteiger partial charge on any atom is -0.314 e. The van der Waals surface area contributed by atoms with Gasteiger partial charge in [-0.3, -0.25) is 4.90 Å². The number of nitrogens with zero attached hydrogens (tertiary/aromatic N) is 1. The van der Waals surface area contributed by atoms with E-state index in [-0.39, 0.29) is 12.5 Å². The van der Waals surface area contributed by atoms with Crippen molar-refractivity contribution < 1.29 is 13.2 Å². The van der Waals surface area contributed by atoms with Gasteiger partial charge in [0.15, 0.2) is 0 Å². The molecular formula is C14H18BrF3N2. The van der Waals surface area contributed by atoms with E-state index in [2.05, 4.69) is 26.1 Å². The van der Waals surface area contributed by atoms with Crippen molar-refractivity contribution in [2.24, 2.45) is 0 Å². The minimum absolute atomic E-state index is 0.116. The van der Waals surface area contributed by atoms with Gasteiger partial charge < -0.3 is 5.32 Å². The molecule has 6 heteroatoms. The first-order chi connectivity index (χ1) is 9.46. The molecule has 2 rings (SSSR count). The Balaban J connectivity index is 2.12. The fraction of sp³-hybridized carbons (Fsp3) is 0.571. The summed E-state index contributed by atoms with van der Waals surface area (Å²) >= 11 is 3.36. The Kier molecular flexibility index (Phi) is 5.46. The van der Waals surface area contributed by atoms with Crippen LogP contribution in [0.3, 0.4) is 0 Å². The van der Waals surface area contributed by atoms with Crippen LogP contribution in [0.5, 0.6) is 0 Å². The van der Waals surface area contributed by atoms with E-state index in [4.69, 9.17) is 0 Å². The summed E-state index contributed by atoms with van der Waals surface area (Å²) < 4.78 is 38.5. The molecule has 1 fully saturated rings. The summed E-state index contributed by atoms with van der Waals surface area (Å²) in [4.78, 5) is 2.14. The zero-order valence-corrected chi connectivity index (χ0v) is 12.7. The van der Waals surface area contributed by atoms with Crippen molar-refractivity contribution in [3.05, 3.63) is 34.3 Å². The second kappa shape index (κ2) is 6.91. The van der Waals surface area contributed by atoms with Crippen LogP contribution in [-0.4, -0.2) is 37.3 Å². The lowest BCUT2D eigenvalue weighted by Gasteiger charge is -2.35. The number of hydrogen-bond acceptors (Lipinski definition) is 2. The van der Waals surface area contributed by atoms with Crippen molar-refractivity contribution in [2.75, 3.05) is 26.2 Å². The van der Waals surface area contributed by atoms with E-state index < -0.39 is 12.6 Å². The molecule has 0 radical (unpaired) electrons. The van der Waals surface area contributed by atoms with Crippen molar-refractivity contribution in [3.63, 3.8) is 0 Å². The molecule has 1 aliphatic heterocycles. The van der Waals surface area contributed by atoms with Crippen LogP contribution in [0.1, 0.15) is 24.4 Å². The summed E-state index contributed by atoms with van der Waals surface area (Å²) in [5.41, 5.74) is 0.958. The molecule has 1 saturated heterocycles. The molecule has 2 nitrogen and oxygen atoms in total. The van der Waals surface area contributed by atoms with Gasteiger partial charge in [0.1, 0.15) is 0 Å². The van der Waals surface area contributed by atoms with Gasteiger partial charge in [0, 0.05) is 43.1 Å². The number of rotatable bonds is 4. The van der Waals surface area contributed by atoms with E-state index in [1.807, 2.05) is 24.3 Å². The van der Waals surface area contributed by atoms with E-state index in [9.17, 15) is 13.2 Å². The molecule has 0 aromatic heterocycles. The minimum atomic E-state index is -4.10. The Morgan fingerprint density at radius 1 is 1.15 bits per heavy atom. The van der Waals surface area contributed by atoms with Crippen LogP contribution in [0.2, 0.25) is 0 Å². The molecule has 0 spiro atoms. The highest BCUT2D eigenvalue weighted by Crippen LogP contribution is 2.32. The summed E-state index contributed by atoms with van der Waals surface area (Å²) in [7, 11) is 0. The molecule has 0 saturated carbocycles. The van der Waals surface area contributed by atoms with Gasteiger partial charge in [-0.1, -0.05) is 28.1 Å². The third-order valence-electron chi connectivity index (χ3n) is 3.55. The van der Waals surface area contributed by atoms with Gasteiger partial charge in [0.2, 0.25) is 0 Å². The lowest BCUT2D eigenvalue weighted by atomic mass is 9.99. The molecule has 1 aromatic carbocycles. The molecule has 20 heavy (non-hydrogen) atoms. The van der Waals surface area contributed by atoms with Gasteiger partial charge >= 0.3 is 6.18 Å². The first-order valence-electron chi connectivity index (χ1n) is 6.73. The van der Waals surface area contributed by atoms with Crippen molar-refractivity contribution in [2.45, 2.75) is 25.1 Å². The average Bonchev–Trinajstić information content (AvgIpc) is 2.41. The first-order valence-corrected chi connectivity index (χ1v) is 7.52. The smallest absolute Gasteiger partial charge is 0.314 e. The van der Waals surface area contributed by atoms with E-state index >= 15 is 0 Å². The summed E-state index contributed by atoms with van der Waals surface area (Å²) in [6, 6.07) is 7.43. The van der Waals surface area contributed by atoms with Gasteiger partial charge in [-0.2, -0.15) is 13.2 Å². The predicted octanol–water partition coefficient (Wildman–Crippen LogP) is 3.74. The number of benzene rings is 1. The number of nitrogens with one attached hydrogen (secondary N) is 1. The highest BCUT2D eigenvalue weighted by Gasteiger charge is 2.31. The molecular weight excluding hydrogens is 333 g/mol. The van der Waals surface area contributed by atoms with Gasteiger partial charge in [0.25, 0.3) is 0 Å². The van der Waals surface area contributed by atoms with E-state index in [1.54, 1.807) is 0 Å². The second-order valence-electron chi connectivity index (χ2n) is 5.01. The number of alkyl halides is 3. The van der Waals surface area contributed by atoms with Crippen molar-refractivity contribution >= 4 is 15.9 Å². The number of halogens is 4. The van der Waals surface area contributed by atoms with Crippen molar-refractivity contribution in [1.29, 1.82) is 0 Å². The Hall–Kier alpha value is -0.590. The lowest BCUT2D eigenvalue weighted by Crippen LogP contribution is -2.45. The summed E-state index contributed by atoms with van der Waals surface area (Å²) in [5.74, 6) is 0. The monoisotopic (exact) mass is 350 g/mol. The van der Waals surface area contributed by atoms with E-state index in [0.29, 0.717) is 0 Å². The molecule has 0 aliphatic carbocycles. The topological polar surface area (TPSA) is 15.3 Å². The maximum atomic E-state index is 12.5. The standard InChI is InChI=1S/C14H18BrF3N2/c15-12-3-1-11(2-4-12)13(5-6-14(16,17)18)20-9-7-19-8-10-20/h1-4,13,19H,5-10H2/t13-/m0/s1. The zero-order chi connectivity index (χ0) is 14.6. The van der Waals surface area contributed by atoms with E-state index in [0.717, 1.165) is 36.2 Å². The van der Waals surface area contributed by atoms with Gasteiger partial charge in [0.05, 0.1) is 0 Å². The maximum Gasteiger partial charge on any atom is 0.389 e. The Labute approximate surface area is 125 Å². The maximum absolute atomic E-state index is 12.5. The molecule has 1 N–H and O–H groups in total. The van der Waals surface area contributed by atoms with Crippen LogP contribution >= 0.6 is 15.9 Å². The molecule has 1 aromatic rings. The Morgan fingerprint density at radius 3 is 2.30 bits per heavy atom. The van der Waals surface area contributed by atoms with Crippen molar-refractivity contribution in [1.82, 2.24) is 10.2 Å². The number of piperazine rings is 1. The Bertz CT molecular complexity index is 413. The molecule has 0 amide bonds. The summed E-state index contributed by atoms with van der Waals surface area (Å²) in [6.07, 6.45) is -4.72. The number of hydrogen-bond donors (Lipinski definition) is 1. The SMILES string of the molecule is FC(F)(F)CC[C@@H](c1ccc(Br)cc1)N1CCNCC1. The molecule has 0 bridgehead atoms. The lowest BCUT2D eigenvalue weighted by molar-refractivity contribution is -0.138. The normalized spacial score (nSPS) is 19.0. The summed E-state index contributed by atoms with van der Waals surface area (Å²) in [6.45, 7) is 3.25. The van der Waals surface area contributed by atoms with E-state index in [1.165, 1.54) is 0 Å². The second-order valence-corrected chi connectivity index (χ2v) is 5.92.